The highest BCUT2D eigenvalue weighted by Gasteiger charge is 2.06. The molecule has 100 valence electrons. The summed E-state index contributed by atoms with van der Waals surface area (Å²) in [5.41, 5.74) is 0.885. The van der Waals surface area contributed by atoms with E-state index in [4.69, 9.17) is 5.11 Å². The third-order valence-electron chi connectivity index (χ3n) is 2.64. The molecular formula is C14H18N4O. The SMILES string of the molecule is C=CCNc1nc(NCCCO)c2ccccc2n1. The number of nitrogens with one attached hydrogen (secondary N) is 2. The molecule has 1 heterocycles. The minimum atomic E-state index is 0.164. The molecule has 0 aliphatic rings. The summed E-state index contributed by atoms with van der Waals surface area (Å²) in [5.74, 6) is 1.36. The van der Waals surface area contributed by atoms with Gasteiger partial charge in [0.2, 0.25) is 5.95 Å². The number of benzene rings is 1. The first-order valence-corrected chi connectivity index (χ1v) is 6.31. The number of nitrogens with zero attached hydrogens (tertiary/aromatic N) is 2. The minimum absolute atomic E-state index is 0.164. The summed E-state index contributed by atoms with van der Waals surface area (Å²) in [6.45, 7) is 5.12. The van der Waals surface area contributed by atoms with Gasteiger partial charge < -0.3 is 15.7 Å². The van der Waals surface area contributed by atoms with Crippen LogP contribution in [0.15, 0.2) is 36.9 Å². The fourth-order valence-electron chi connectivity index (χ4n) is 1.74. The Balaban J connectivity index is 2.31. The van der Waals surface area contributed by atoms with E-state index in [2.05, 4.69) is 27.2 Å². The van der Waals surface area contributed by atoms with Gasteiger partial charge in [0.15, 0.2) is 0 Å². The Morgan fingerprint density at radius 1 is 1.21 bits per heavy atom. The highest BCUT2D eigenvalue weighted by Crippen LogP contribution is 2.21. The van der Waals surface area contributed by atoms with Gasteiger partial charge in [-0.3, -0.25) is 0 Å². The van der Waals surface area contributed by atoms with Crippen LogP contribution in [0.3, 0.4) is 0 Å². The lowest BCUT2D eigenvalue weighted by Gasteiger charge is -2.10. The highest BCUT2D eigenvalue weighted by molar-refractivity contribution is 5.89. The maximum atomic E-state index is 8.83. The Morgan fingerprint density at radius 2 is 2.05 bits per heavy atom. The third-order valence-corrected chi connectivity index (χ3v) is 2.64. The molecule has 0 amide bonds. The summed E-state index contributed by atoms with van der Waals surface area (Å²) in [7, 11) is 0. The third kappa shape index (κ3) is 3.42. The lowest BCUT2D eigenvalue weighted by Crippen LogP contribution is -2.09. The fraction of sp³-hybridized carbons (Fsp3) is 0.286. The maximum absolute atomic E-state index is 8.83. The van der Waals surface area contributed by atoms with Crippen LogP contribution in [0.5, 0.6) is 0 Å². The number of aromatic nitrogens is 2. The maximum Gasteiger partial charge on any atom is 0.225 e. The number of fused-ring (bicyclic) bond motifs is 1. The van der Waals surface area contributed by atoms with E-state index < -0.39 is 0 Å². The van der Waals surface area contributed by atoms with Crippen molar-refractivity contribution >= 4 is 22.7 Å². The Morgan fingerprint density at radius 3 is 2.84 bits per heavy atom. The van der Waals surface area contributed by atoms with Crippen molar-refractivity contribution in [1.29, 1.82) is 0 Å². The Hall–Kier alpha value is -2.14. The van der Waals surface area contributed by atoms with E-state index >= 15 is 0 Å². The first kappa shape index (κ1) is 13.3. The molecule has 0 fully saturated rings. The van der Waals surface area contributed by atoms with Gasteiger partial charge in [0, 0.05) is 25.1 Å². The first-order chi connectivity index (χ1) is 9.35. The summed E-state index contributed by atoms with van der Waals surface area (Å²) in [6, 6.07) is 7.84. The second kappa shape index (κ2) is 6.70. The molecule has 3 N–H and O–H groups in total. The Labute approximate surface area is 112 Å². The second-order valence-electron chi connectivity index (χ2n) is 4.09. The lowest BCUT2D eigenvalue weighted by molar-refractivity contribution is 0.292. The Kier molecular flexibility index (Phi) is 4.69. The zero-order valence-electron chi connectivity index (χ0n) is 10.8. The summed E-state index contributed by atoms with van der Waals surface area (Å²) in [4.78, 5) is 8.89. The zero-order chi connectivity index (χ0) is 13.5. The van der Waals surface area contributed by atoms with Crippen molar-refractivity contribution in [3.05, 3.63) is 36.9 Å². The number of aliphatic hydroxyl groups excluding tert-OH is 1. The quantitative estimate of drug-likeness (QED) is 0.523. The fourth-order valence-corrected chi connectivity index (χ4v) is 1.74. The van der Waals surface area contributed by atoms with Crippen molar-refractivity contribution in [1.82, 2.24) is 9.97 Å². The molecule has 0 aliphatic heterocycles. The average molecular weight is 258 g/mol. The standard InChI is InChI=1S/C14H18N4O/c1-2-8-16-14-17-12-7-4-3-6-11(12)13(18-14)15-9-5-10-19/h2-4,6-7,19H,1,5,8-10H2,(H2,15,16,17,18). The van der Waals surface area contributed by atoms with Gasteiger partial charge in [-0.1, -0.05) is 18.2 Å². The smallest absolute Gasteiger partial charge is 0.225 e. The monoisotopic (exact) mass is 258 g/mol. The molecule has 19 heavy (non-hydrogen) atoms. The second-order valence-corrected chi connectivity index (χ2v) is 4.09. The van der Waals surface area contributed by atoms with E-state index in [0.717, 1.165) is 16.7 Å². The molecular weight excluding hydrogens is 240 g/mol. The van der Waals surface area contributed by atoms with Gasteiger partial charge in [-0.05, 0) is 18.6 Å². The van der Waals surface area contributed by atoms with Crippen molar-refractivity contribution in [2.75, 3.05) is 30.3 Å². The van der Waals surface area contributed by atoms with Crippen molar-refractivity contribution in [3.63, 3.8) is 0 Å². The van der Waals surface area contributed by atoms with Crippen LogP contribution in [0.25, 0.3) is 10.9 Å². The summed E-state index contributed by atoms with van der Waals surface area (Å²) < 4.78 is 0. The van der Waals surface area contributed by atoms with Gasteiger partial charge in [0.25, 0.3) is 0 Å². The molecule has 0 saturated heterocycles. The number of hydrogen-bond donors (Lipinski definition) is 3. The number of para-hydroxylation sites is 1. The van der Waals surface area contributed by atoms with Crippen molar-refractivity contribution in [2.24, 2.45) is 0 Å². The van der Waals surface area contributed by atoms with Crippen LogP contribution in [0.1, 0.15) is 6.42 Å². The normalized spacial score (nSPS) is 10.4. The van der Waals surface area contributed by atoms with Crippen molar-refractivity contribution in [2.45, 2.75) is 6.42 Å². The summed E-state index contributed by atoms with van der Waals surface area (Å²) in [6.07, 6.45) is 2.45. The largest absolute Gasteiger partial charge is 0.396 e. The van der Waals surface area contributed by atoms with Crippen LogP contribution in [0, 0.1) is 0 Å². The molecule has 1 aromatic carbocycles. The van der Waals surface area contributed by atoms with Crippen LogP contribution >= 0.6 is 0 Å². The predicted molar refractivity (Wildman–Crippen MR) is 78.4 cm³/mol. The van der Waals surface area contributed by atoms with Gasteiger partial charge in [0.05, 0.1) is 5.52 Å². The van der Waals surface area contributed by atoms with Gasteiger partial charge in [-0.2, -0.15) is 4.98 Å². The molecule has 0 bridgehead atoms. The molecule has 0 spiro atoms. The molecule has 0 saturated carbocycles. The Bertz CT molecular complexity index is 556. The average Bonchev–Trinajstić information content (AvgIpc) is 2.45. The number of hydrogen-bond acceptors (Lipinski definition) is 5. The summed E-state index contributed by atoms with van der Waals surface area (Å²) >= 11 is 0. The first-order valence-electron chi connectivity index (χ1n) is 6.31. The number of rotatable bonds is 7. The molecule has 1 aromatic heterocycles. The van der Waals surface area contributed by atoms with Gasteiger partial charge >= 0.3 is 0 Å². The molecule has 0 aliphatic carbocycles. The molecule has 0 unspecified atom stereocenters. The molecule has 5 nitrogen and oxygen atoms in total. The zero-order valence-corrected chi connectivity index (χ0v) is 10.8. The van der Waals surface area contributed by atoms with E-state index in [9.17, 15) is 0 Å². The van der Waals surface area contributed by atoms with Gasteiger partial charge in [-0.15, -0.1) is 6.58 Å². The van der Waals surface area contributed by atoms with Gasteiger partial charge in [-0.25, -0.2) is 4.98 Å². The number of anilines is 2. The van der Waals surface area contributed by atoms with Gasteiger partial charge in [0.1, 0.15) is 5.82 Å². The van der Waals surface area contributed by atoms with Crippen LogP contribution in [-0.2, 0) is 0 Å². The van der Waals surface area contributed by atoms with Crippen molar-refractivity contribution in [3.8, 4) is 0 Å². The van der Waals surface area contributed by atoms with E-state index in [1.165, 1.54) is 0 Å². The van der Waals surface area contributed by atoms with Crippen LogP contribution < -0.4 is 10.6 Å². The minimum Gasteiger partial charge on any atom is -0.396 e. The van der Waals surface area contributed by atoms with Crippen molar-refractivity contribution < 1.29 is 5.11 Å². The highest BCUT2D eigenvalue weighted by atomic mass is 16.3. The summed E-state index contributed by atoms with van der Waals surface area (Å²) in [5, 5.41) is 16.1. The van der Waals surface area contributed by atoms with E-state index in [0.29, 0.717) is 25.5 Å². The molecule has 0 radical (unpaired) electrons. The van der Waals surface area contributed by atoms with Crippen LogP contribution in [0.2, 0.25) is 0 Å². The molecule has 5 heteroatoms. The van der Waals surface area contributed by atoms with E-state index in [-0.39, 0.29) is 6.61 Å². The molecule has 2 rings (SSSR count). The number of aliphatic hydroxyl groups is 1. The topological polar surface area (TPSA) is 70.1 Å². The lowest BCUT2D eigenvalue weighted by atomic mass is 10.2. The van der Waals surface area contributed by atoms with E-state index in [1.807, 2.05) is 24.3 Å². The van der Waals surface area contributed by atoms with Crippen LogP contribution in [0.4, 0.5) is 11.8 Å². The molecule has 2 aromatic rings. The van der Waals surface area contributed by atoms with E-state index in [1.54, 1.807) is 6.08 Å². The van der Waals surface area contributed by atoms with Crippen LogP contribution in [-0.4, -0.2) is 34.8 Å². The molecule has 0 atom stereocenters. The predicted octanol–water partition coefficient (Wildman–Crippen LogP) is 2.02.